The Morgan fingerprint density at radius 3 is 2.67 bits per heavy atom. The topological polar surface area (TPSA) is 92.3 Å². The maximum absolute atomic E-state index is 13.7. The number of carbonyl (C=O) groups excluding carboxylic acids is 1. The van der Waals surface area contributed by atoms with E-state index in [4.69, 9.17) is 4.42 Å². The molecule has 158 valence electrons. The molecule has 0 saturated heterocycles. The molecule has 1 aliphatic heterocycles. The number of anilines is 2. The highest BCUT2D eigenvalue weighted by molar-refractivity contribution is 6.03. The van der Waals surface area contributed by atoms with Gasteiger partial charge < -0.3 is 20.2 Å². The molecule has 10 heteroatoms. The normalized spacial score (nSPS) is 19.6. The lowest BCUT2D eigenvalue weighted by molar-refractivity contribution is -0.174. The van der Waals surface area contributed by atoms with E-state index in [1.54, 1.807) is 43.3 Å². The summed E-state index contributed by atoms with van der Waals surface area (Å²) in [5.74, 6) is -0.181. The lowest BCUT2D eigenvalue weighted by Crippen LogP contribution is -2.35. The molecule has 30 heavy (non-hydrogen) atoms. The molecule has 3 N–H and O–H groups in total. The number of halogens is 3. The van der Waals surface area contributed by atoms with Gasteiger partial charge in [0, 0.05) is 18.2 Å². The van der Waals surface area contributed by atoms with E-state index >= 15 is 0 Å². The standard InChI is InChI=1S/C20H19F3N4O3/c1-11(28)12-4-6-13(7-5-12)24-19(29)15-10-18-25-14(16-3-2-8-30-16)9-17(20(21,22)23)27(18)26-15/h2-8,10-11,14,17,25,28H,9H2,1H3,(H,24,29)/t11-,14-,17+/m1/s1. The number of fused-ring (bicyclic) bond motifs is 1. The lowest BCUT2D eigenvalue weighted by atomic mass is 10.0. The molecular formula is C20H19F3N4O3. The number of nitrogens with zero attached hydrogens (tertiary/aromatic N) is 2. The molecule has 7 nitrogen and oxygen atoms in total. The number of carbonyl (C=O) groups is 1. The van der Waals surface area contributed by atoms with Gasteiger partial charge >= 0.3 is 6.18 Å². The molecule has 0 bridgehead atoms. The third-order valence-electron chi connectivity index (χ3n) is 4.96. The van der Waals surface area contributed by atoms with Crippen LogP contribution in [0.4, 0.5) is 24.7 Å². The molecule has 3 atom stereocenters. The van der Waals surface area contributed by atoms with Crippen molar-refractivity contribution in [1.29, 1.82) is 0 Å². The van der Waals surface area contributed by atoms with Gasteiger partial charge in [-0.2, -0.15) is 18.3 Å². The van der Waals surface area contributed by atoms with Gasteiger partial charge in [-0.3, -0.25) is 4.79 Å². The average molecular weight is 420 g/mol. The number of benzene rings is 1. The average Bonchev–Trinajstić information content (AvgIpc) is 3.36. The maximum atomic E-state index is 13.7. The van der Waals surface area contributed by atoms with Crippen LogP contribution in [0, 0.1) is 0 Å². The summed E-state index contributed by atoms with van der Waals surface area (Å²) >= 11 is 0. The Bertz CT molecular complexity index is 1030. The van der Waals surface area contributed by atoms with Crippen LogP contribution in [-0.4, -0.2) is 27.0 Å². The summed E-state index contributed by atoms with van der Waals surface area (Å²) in [4.78, 5) is 12.6. The van der Waals surface area contributed by atoms with Gasteiger partial charge in [0.15, 0.2) is 11.7 Å². The van der Waals surface area contributed by atoms with Crippen LogP contribution in [0.25, 0.3) is 0 Å². The van der Waals surface area contributed by atoms with Gasteiger partial charge in [0.2, 0.25) is 0 Å². The molecule has 0 fully saturated rings. The molecule has 3 heterocycles. The second-order valence-electron chi connectivity index (χ2n) is 7.12. The fraction of sp³-hybridized carbons (Fsp3) is 0.300. The minimum atomic E-state index is -4.54. The first-order valence-electron chi connectivity index (χ1n) is 9.28. The van der Waals surface area contributed by atoms with Crippen LogP contribution in [0.2, 0.25) is 0 Å². The quantitative estimate of drug-likeness (QED) is 0.580. The van der Waals surface area contributed by atoms with Crippen molar-refractivity contribution in [3.63, 3.8) is 0 Å². The van der Waals surface area contributed by atoms with Crippen molar-refractivity contribution in [2.24, 2.45) is 0 Å². The Kier molecular flexibility index (Phi) is 5.02. The van der Waals surface area contributed by atoms with Crippen molar-refractivity contribution in [1.82, 2.24) is 9.78 Å². The highest BCUT2D eigenvalue weighted by Crippen LogP contribution is 2.43. The summed E-state index contributed by atoms with van der Waals surface area (Å²) < 4.78 is 47.0. The molecule has 4 rings (SSSR count). The monoisotopic (exact) mass is 420 g/mol. The maximum Gasteiger partial charge on any atom is 0.410 e. The number of aliphatic hydroxyl groups excluding tert-OH is 1. The van der Waals surface area contributed by atoms with E-state index in [0.29, 0.717) is 17.0 Å². The van der Waals surface area contributed by atoms with E-state index < -0.39 is 30.3 Å². The van der Waals surface area contributed by atoms with Crippen LogP contribution in [0.15, 0.2) is 53.1 Å². The van der Waals surface area contributed by atoms with Crippen LogP contribution in [0.5, 0.6) is 0 Å². The molecule has 1 aliphatic rings. The van der Waals surface area contributed by atoms with Crippen molar-refractivity contribution in [3.05, 3.63) is 65.7 Å². The molecule has 0 saturated carbocycles. The molecule has 0 unspecified atom stereocenters. The number of aromatic nitrogens is 2. The Morgan fingerprint density at radius 2 is 2.07 bits per heavy atom. The van der Waals surface area contributed by atoms with Crippen LogP contribution in [-0.2, 0) is 0 Å². The second kappa shape index (κ2) is 7.52. The fourth-order valence-electron chi connectivity index (χ4n) is 3.40. The Morgan fingerprint density at radius 1 is 1.33 bits per heavy atom. The number of nitrogens with one attached hydrogen (secondary N) is 2. The van der Waals surface area contributed by atoms with Crippen molar-refractivity contribution in [2.75, 3.05) is 10.6 Å². The predicted molar refractivity (Wildman–Crippen MR) is 102 cm³/mol. The zero-order chi connectivity index (χ0) is 21.5. The molecule has 0 aliphatic carbocycles. The molecule has 0 spiro atoms. The largest absolute Gasteiger partial charge is 0.467 e. The van der Waals surface area contributed by atoms with Crippen LogP contribution >= 0.6 is 0 Å². The molecule has 1 amide bonds. The predicted octanol–water partition coefficient (Wildman–Crippen LogP) is 4.44. The number of amides is 1. The van der Waals surface area contributed by atoms with Crippen molar-refractivity contribution in [2.45, 2.75) is 37.7 Å². The SMILES string of the molecule is C[C@@H](O)c1ccc(NC(=O)c2cc3n(n2)[C@H](C(F)(F)F)C[C@H](c2ccco2)N3)cc1. The van der Waals surface area contributed by atoms with Gasteiger partial charge in [0.25, 0.3) is 5.91 Å². The van der Waals surface area contributed by atoms with Gasteiger partial charge in [-0.15, -0.1) is 0 Å². The summed E-state index contributed by atoms with van der Waals surface area (Å²) in [6, 6.07) is 8.39. The molecule has 1 aromatic carbocycles. The molecule has 0 radical (unpaired) electrons. The Balaban J connectivity index is 1.59. The van der Waals surface area contributed by atoms with Crippen molar-refractivity contribution >= 4 is 17.4 Å². The molecule has 3 aromatic rings. The minimum Gasteiger partial charge on any atom is -0.467 e. The summed E-state index contributed by atoms with van der Waals surface area (Å²) in [5.41, 5.74) is 0.960. The van der Waals surface area contributed by atoms with Crippen LogP contribution in [0.1, 0.15) is 53.3 Å². The number of hydrogen-bond donors (Lipinski definition) is 3. The van der Waals surface area contributed by atoms with Crippen molar-refractivity contribution < 1.29 is 27.5 Å². The zero-order valence-corrected chi connectivity index (χ0v) is 15.8. The second-order valence-corrected chi connectivity index (χ2v) is 7.12. The van der Waals surface area contributed by atoms with E-state index in [-0.39, 0.29) is 17.9 Å². The summed E-state index contributed by atoms with van der Waals surface area (Å²) in [7, 11) is 0. The van der Waals surface area contributed by atoms with E-state index in [1.165, 1.54) is 12.3 Å². The first kappa shape index (κ1) is 20.0. The number of alkyl halides is 3. The summed E-state index contributed by atoms with van der Waals surface area (Å²) in [5, 5.41) is 19.0. The number of hydrogen-bond acceptors (Lipinski definition) is 5. The Labute approximate surface area is 169 Å². The number of aliphatic hydroxyl groups is 1. The lowest BCUT2D eigenvalue weighted by Gasteiger charge is -2.32. The van der Waals surface area contributed by atoms with E-state index in [0.717, 1.165) is 4.68 Å². The number of furan rings is 1. The third-order valence-corrected chi connectivity index (χ3v) is 4.96. The van der Waals surface area contributed by atoms with Crippen molar-refractivity contribution in [3.8, 4) is 0 Å². The van der Waals surface area contributed by atoms with E-state index in [2.05, 4.69) is 15.7 Å². The minimum absolute atomic E-state index is 0.0829. The van der Waals surface area contributed by atoms with Gasteiger partial charge in [-0.25, -0.2) is 4.68 Å². The van der Waals surface area contributed by atoms with Gasteiger partial charge in [-0.1, -0.05) is 12.1 Å². The summed E-state index contributed by atoms with van der Waals surface area (Å²) in [6.45, 7) is 1.61. The van der Waals surface area contributed by atoms with E-state index in [1.807, 2.05) is 0 Å². The van der Waals surface area contributed by atoms with Crippen LogP contribution < -0.4 is 10.6 Å². The summed E-state index contributed by atoms with van der Waals surface area (Å²) in [6.07, 6.45) is -4.11. The smallest absolute Gasteiger partial charge is 0.410 e. The van der Waals surface area contributed by atoms with E-state index in [9.17, 15) is 23.1 Å². The zero-order valence-electron chi connectivity index (χ0n) is 15.8. The first-order chi connectivity index (χ1) is 14.2. The van der Waals surface area contributed by atoms with Gasteiger partial charge in [0.05, 0.1) is 18.4 Å². The molecular weight excluding hydrogens is 401 g/mol. The number of rotatable bonds is 4. The Hall–Kier alpha value is -3.27. The first-order valence-corrected chi connectivity index (χ1v) is 9.28. The fourth-order valence-corrected chi connectivity index (χ4v) is 3.40. The van der Waals surface area contributed by atoms with Gasteiger partial charge in [0.1, 0.15) is 11.6 Å². The van der Waals surface area contributed by atoms with Gasteiger partial charge in [-0.05, 0) is 36.8 Å². The highest BCUT2D eigenvalue weighted by Gasteiger charge is 2.47. The highest BCUT2D eigenvalue weighted by atomic mass is 19.4. The third kappa shape index (κ3) is 3.90. The molecule has 2 aromatic heterocycles. The van der Waals surface area contributed by atoms with Crippen LogP contribution in [0.3, 0.4) is 0 Å².